The molecule has 3 rings (SSSR count). The second kappa shape index (κ2) is 9.18. The van der Waals surface area contributed by atoms with E-state index in [9.17, 15) is 4.79 Å². The molecule has 29 heavy (non-hydrogen) atoms. The maximum absolute atomic E-state index is 12.0. The van der Waals surface area contributed by atoms with E-state index in [1.807, 2.05) is 42.5 Å². The zero-order valence-electron chi connectivity index (χ0n) is 15.5. The van der Waals surface area contributed by atoms with Crippen LogP contribution in [0.15, 0.2) is 78.9 Å². The minimum atomic E-state index is -0.793. The zero-order valence-corrected chi connectivity index (χ0v) is 15.5. The van der Waals surface area contributed by atoms with E-state index in [0.29, 0.717) is 16.9 Å². The Morgan fingerprint density at radius 1 is 0.897 bits per heavy atom. The number of carbonyl (C=O) groups is 1. The molecular formula is C22H20N4O3. The molecule has 0 aliphatic carbocycles. The molecule has 7 heteroatoms. The van der Waals surface area contributed by atoms with Crippen LogP contribution in [0.25, 0.3) is 11.1 Å². The molecule has 0 unspecified atom stereocenters. The van der Waals surface area contributed by atoms with Crippen LogP contribution in [0.3, 0.4) is 0 Å². The second-order valence-corrected chi connectivity index (χ2v) is 6.04. The maximum atomic E-state index is 12.0. The van der Waals surface area contributed by atoms with Crippen LogP contribution < -0.4 is 15.8 Å². The van der Waals surface area contributed by atoms with Crippen molar-refractivity contribution >= 4 is 17.8 Å². The SMILES string of the molecule is N=C(N)c1ccc(OCOC(=O)NC(=N)c2ccccc2-c2ccccc2)cc1. The van der Waals surface area contributed by atoms with E-state index in [2.05, 4.69) is 5.32 Å². The molecule has 0 saturated carbocycles. The van der Waals surface area contributed by atoms with Gasteiger partial charge in [0.25, 0.3) is 0 Å². The highest BCUT2D eigenvalue weighted by molar-refractivity contribution is 6.08. The van der Waals surface area contributed by atoms with Gasteiger partial charge in [-0.15, -0.1) is 0 Å². The topological polar surface area (TPSA) is 121 Å². The lowest BCUT2D eigenvalue weighted by Gasteiger charge is -2.12. The minimum Gasteiger partial charge on any atom is -0.457 e. The number of nitrogens with two attached hydrogens (primary N) is 1. The Balaban J connectivity index is 1.56. The molecule has 0 spiro atoms. The first-order chi connectivity index (χ1) is 14.0. The van der Waals surface area contributed by atoms with Gasteiger partial charge in [0.2, 0.25) is 6.79 Å². The van der Waals surface area contributed by atoms with E-state index in [1.165, 1.54) is 0 Å². The van der Waals surface area contributed by atoms with Crippen molar-refractivity contribution in [2.45, 2.75) is 0 Å². The van der Waals surface area contributed by atoms with E-state index in [1.54, 1.807) is 36.4 Å². The van der Waals surface area contributed by atoms with Crippen LogP contribution in [0.1, 0.15) is 11.1 Å². The van der Waals surface area contributed by atoms with Crippen molar-refractivity contribution in [3.05, 3.63) is 90.0 Å². The Kier molecular flexibility index (Phi) is 6.22. The largest absolute Gasteiger partial charge is 0.457 e. The molecule has 0 aliphatic rings. The molecule has 1 amide bonds. The van der Waals surface area contributed by atoms with Crippen molar-refractivity contribution in [2.24, 2.45) is 5.73 Å². The van der Waals surface area contributed by atoms with Crippen molar-refractivity contribution in [2.75, 3.05) is 6.79 Å². The molecule has 3 aromatic carbocycles. The van der Waals surface area contributed by atoms with Crippen LogP contribution in [-0.4, -0.2) is 24.6 Å². The van der Waals surface area contributed by atoms with E-state index in [-0.39, 0.29) is 18.5 Å². The zero-order chi connectivity index (χ0) is 20.6. The number of hydrogen-bond acceptors (Lipinski definition) is 5. The third-order valence-electron chi connectivity index (χ3n) is 4.09. The number of alkyl carbamates (subject to hydrolysis) is 1. The van der Waals surface area contributed by atoms with Crippen LogP contribution in [0.5, 0.6) is 5.75 Å². The summed E-state index contributed by atoms with van der Waals surface area (Å²) in [5, 5.41) is 18.0. The summed E-state index contributed by atoms with van der Waals surface area (Å²) in [4.78, 5) is 12.0. The van der Waals surface area contributed by atoms with Gasteiger partial charge < -0.3 is 15.2 Å². The molecule has 0 heterocycles. The highest BCUT2D eigenvalue weighted by Crippen LogP contribution is 2.23. The summed E-state index contributed by atoms with van der Waals surface area (Å²) in [6.07, 6.45) is -0.793. The first-order valence-electron chi connectivity index (χ1n) is 8.79. The van der Waals surface area contributed by atoms with Gasteiger partial charge in [0.05, 0.1) is 0 Å². The lowest BCUT2D eigenvalue weighted by atomic mass is 9.99. The van der Waals surface area contributed by atoms with Crippen LogP contribution >= 0.6 is 0 Å². The highest BCUT2D eigenvalue weighted by Gasteiger charge is 2.13. The number of amides is 1. The lowest BCUT2D eigenvalue weighted by Crippen LogP contribution is -2.32. The van der Waals surface area contributed by atoms with Gasteiger partial charge in [0.1, 0.15) is 17.4 Å². The summed E-state index contributed by atoms with van der Waals surface area (Å²) < 4.78 is 10.3. The Labute approximate surface area is 168 Å². The molecule has 0 aliphatic heterocycles. The molecular weight excluding hydrogens is 368 g/mol. The predicted molar refractivity (Wildman–Crippen MR) is 111 cm³/mol. The Morgan fingerprint density at radius 3 is 2.24 bits per heavy atom. The molecule has 3 aromatic rings. The fraction of sp³-hybridized carbons (Fsp3) is 0.0455. The molecule has 0 saturated heterocycles. The van der Waals surface area contributed by atoms with E-state index in [0.717, 1.165) is 11.1 Å². The maximum Gasteiger partial charge on any atom is 0.415 e. The normalized spacial score (nSPS) is 10.1. The predicted octanol–water partition coefficient (Wildman–Crippen LogP) is 3.73. The van der Waals surface area contributed by atoms with Crippen molar-refractivity contribution in [3.8, 4) is 16.9 Å². The fourth-order valence-electron chi connectivity index (χ4n) is 2.66. The second-order valence-electron chi connectivity index (χ2n) is 6.04. The number of carbonyl (C=O) groups excluding carboxylic acids is 1. The first-order valence-corrected chi connectivity index (χ1v) is 8.79. The Hall–Kier alpha value is -4.13. The smallest absolute Gasteiger partial charge is 0.415 e. The van der Waals surface area contributed by atoms with Gasteiger partial charge in [0.15, 0.2) is 0 Å². The van der Waals surface area contributed by atoms with Crippen molar-refractivity contribution in [1.82, 2.24) is 5.32 Å². The minimum absolute atomic E-state index is 0.0403. The van der Waals surface area contributed by atoms with Gasteiger partial charge in [-0.05, 0) is 35.4 Å². The summed E-state index contributed by atoms with van der Waals surface area (Å²) in [6.45, 7) is -0.321. The van der Waals surface area contributed by atoms with Crippen LogP contribution in [-0.2, 0) is 4.74 Å². The monoisotopic (exact) mass is 388 g/mol. The van der Waals surface area contributed by atoms with Gasteiger partial charge >= 0.3 is 6.09 Å². The van der Waals surface area contributed by atoms with Gasteiger partial charge in [-0.25, -0.2) is 4.79 Å². The molecule has 0 aromatic heterocycles. The molecule has 5 N–H and O–H groups in total. The lowest BCUT2D eigenvalue weighted by molar-refractivity contribution is 0.0626. The number of rotatable bonds is 6. The van der Waals surface area contributed by atoms with Gasteiger partial charge in [-0.3, -0.25) is 16.1 Å². The summed E-state index contributed by atoms with van der Waals surface area (Å²) >= 11 is 0. The molecule has 0 bridgehead atoms. The summed E-state index contributed by atoms with van der Waals surface area (Å²) in [7, 11) is 0. The quantitative estimate of drug-likeness (QED) is 0.292. The third-order valence-corrected chi connectivity index (χ3v) is 4.09. The molecule has 0 radical (unpaired) electrons. The summed E-state index contributed by atoms with van der Waals surface area (Å²) in [5.41, 5.74) is 8.32. The number of nitrogens with one attached hydrogen (secondary N) is 3. The number of hydrogen-bond donors (Lipinski definition) is 4. The first kappa shape index (κ1) is 19.6. The summed E-state index contributed by atoms with van der Waals surface area (Å²) in [6, 6.07) is 23.5. The van der Waals surface area contributed by atoms with Crippen LogP contribution in [0.2, 0.25) is 0 Å². The summed E-state index contributed by atoms with van der Waals surface area (Å²) in [5.74, 6) is 0.356. The molecule has 0 atom stereocenters. The molecule has 0 fully saturated rings. The number of nitrogen functional groups attached to an aromatic ring is 1. The Bertz CT molecular complexity index is 1020. The molecule has 146 valence electrons. The van der Waals surface area contributed by atoms with Gasteiger partial charge in [0, 0.05) is 11.1 Å². The fourth-order valence-corrected chi connectivity index (χ4v) is 2.66. The third kappa shape index (κ3) is 5.20. The number of benzene rings is 3. The van der Waals surface area contributed by atoms with E-state index < -0.39 is 6.09 Å². The standard InChI is InChI=1S/C22H20N4O3/c23-20(24)16-10-12-17(13-11-16)28-14-29-22(27)26-21(25)19-9-5-4-8-18(19)15-6-2-1-3-7-15/h1-13H,14H2,(H3,23,24)(H2,25,26,27). The molecule has 7 nitrogen and oxygen atoms in total. The highest BCUT2D eigenvalue weighted by atomic mass is 16.7. The average molecular weight is 388 g/mol. The van der Waals surface area contributed by atoms with Crippen molar-refractivity contribution < 1.29 is 14.3 Å². The number of ether oxygens (including phenoxy) is 2. The van der Waals surface area contributed by atoms with Gasteiger partial charge in [-0.1, -0.05) is 54.6 Å². The van der Waals surface area contributed by atoms with Crippen LogP contribution in [0.4, 0.5) is 4.79 Å². The Morgan fingerprint density at radius 2 is 1.55 bits per heavy atom. The van der Waals surface area contributed by atoms with Crippen LogP contribution in [0, 0.1) is 10.8 Å². The van der Waals surface area contributed by atoms with E-state index >= 15 is 0 Å². The van der Waals surface area contributed by atoms with Crippen molar-refractivity contribution in [3.63, 3.8) is 0 Å². The van der Waals surface area contributed by atoms with Crippen molar-refractivity contribution in [1.29, 1.82) is 10.8 Å². The number of amidine groups is 2. The van der Waals surface area contributed by atoms with E-state index in [4.69, 9.17) is 26.0 Å². The average Bonchev–Trinajstić information content (AvgIpc) is 2.74. The van der Waals surface area contributed by atoms with Gasteiger partial charge in [-0.2, -0.15) is 0 Å².